The van der Waals surface area contributed by atoms with Crippen LogP contribution in [0.4, 0.5) is 18.9 Å². The van der Waals surface area contributed by atoms with Crippen molar-refractivity contribution in [2.75, 3.05) is 13.1 Å². The summed E-state index contributed by atoms with van der Waals surface area (Å²) in [6.07, 6.45) is -1.43. The second-order valence-electron chi connectivity index (χ2n) is 8.34. The minimum atomic E-state index is -4.30. The summed E-state index contributed by atoms with van der Waals surface area (Å²) < 4.78 is 38.1. The lowest BCUT2D eigenvalue weighted by molar-refractivity contribution is -0.384. The fraction of sp³-hybridized carbons (Fsp3) is 0.455. The van der Waals surface area contributed by atoms with Gasteiger partial charge in [-0.25, -0.2) is 0 Å². The minimum absolute atomic E-state index is 0.0371. The van der Waals surface area contributed by atoms with Crippen LogP contribution in [-0.2, 0) is 12.7 Å². The second kappa shape index (κ2) is 8.94. The van der Waals surface area contributed by atoms with E-state index in [2.05, 4.69) is 15.8 Å². The Balaban J connectivity index is 1.27. The zero-order valence-electron chi connectivity index (χ0n) is 16.9. The molecular formula is C22H25F3N4O2. The Labute approximate surface area is 178 Å². The van der Waals surface area contributed by atoms with Gasteiger partial charge in [0.25, 0.3) is 5.69 Å². The fourth-order valence-electron chi connectivity index (χ4n) is 4.53. The highest BCUT2D eigenvalue weighted by molar-refractivity contribution is 5.36. The van der Waals surface area contributed by atoms with Crippen LogP contribution in [0.15, 0.2) is 48.5 Å². The molecule has 166 valence electrons. The third kappa shape index (κ3) is 5.23. The summed E-state index contributed by atoms with van der Waals surface area (Å²) in [4.78, 5) is 12.9. The number of non-ortho nitro benzene ring substituents is 1. The van der Waals surface area contributed by atoms with Gasteiger partial charge in [-0.1, -0.05) is 24.3 Å². The third-order valence-electron chi connectivity index (χ3n) is 6.30. The van der Waals surface area contributed by atoms with Crippen molar-refractivity contribution in [1.82, 2.24) is 15.8 Å². The molecule has 2 N–H and O–H groups in total. The van der Waals surface area contributed by atoms with Crippen LogP contribution in [0.5, 0.6) is 0 Å². The Hall–Kier alpha value is -2.49. The van der Waals surface area contributed by atoms with Gasteiger partial charge in [-0.2, -0.15) is 13.2 Å². The predicted octanol–water partition coefficient (Wildman–Crippen LogP) is 4.43. The van der Waals surface area contributed by atoms with Gasteiger partial charge in [0.15, 0.2) is 0 Å². The van der Waals surface area contributed by atoms with E-state index in [9.17, 15) is 23.3 Å². The second-order valence-corrected chi connectivity index (χ2v) is 8.34. The Morgan fingerprint density at radius 3 is 2.42 bits per heavy atom. The van der Waals surface area contributed by atoms with Gasteiger partial charge in [-0.3, -0.25) is 25.9 Å². The Morgan fingerprint density at radius 1 is 1.06 bits per heavy atom. The standard InChI is InChI=1S/C22H25F3N4O2/c23-22(24,25)18-6-4-15(5-7-18)14-28-10-8-16(9-11-28)20-13-21(27-26-20)17-2-1-3-19(12-17)29(30)31/h1-7,12,16,20-21,26-27H,8-11,13-14H2. The van der Waals surface area contributed by atoms with Gasteiger partial charge < -0.3 is 0 Å². The van der Waals surface area contributed by atoms with Gasteiger partial charge in [-0.05, 0) is 61.5 Å². The van der Waals surface area contributed by atoms with Crippen molar-refractivity contribution in [3.63, 3.8) is 0 Å². The molecular weight excluding hydrogens is 409 g/mol. The van der Waals surface area contributed by atoms with Crippen molar-refractivity contribution in [2.24, 2.45) is 5.92 Å². The number of rotatable bonds is 5. The Morgan fingerprint density at radius 2 is 1.77 bits per heavy atom. The Bertz CT molecular complexity index is 912. The first-order valence-corrected chi connectivity index (χ1v) is 10.4. The summed E-state index contributed by atoms with van der Waals surface area (Å²) in [6.45, 7) is 2.44. The molecule has 9 heteroatoms. The molecule has 2 heterocycles. The summed E-state index contributed by atoms with van der Waals surface area (Å²) in [6, 6.07) is 12.5. The van der Waals surface area contributed by atoms with Crippen molar-refractivity contribution in [3.8, 4) is 0 Å². The van der Waals surface area contributed by atoms with Crippen molar-refractivity contribution >= 4 is 5.69 Å². The van der Waals surface area contributed by atoms with Crippen LogP contribution >= 0.6 is 0 Å². The molecule has 2 aromatic carbocycles. The molecule has 0 amide bonds. The molecule has 2 aromatic rings. The van der Waals surface area contributed by atoms with Crippen LogP contribution in [-0.4, -0.2) is 29.0 Å². The molecule has 0 bridgehead atoms. The number of alkyl halides is 3. The van der Waals surface area contributed by atoms with Crippen LogP contribution in [0, 0.1) is 16.0 Å². The average Bonchev–Trinajstić information content (AvgIpc) is 3.24. The number of likely N-dealkylation sites (tertiary alicyclic amines) is 1. The number of piperidine rings is 1. The van der Waals surface area contributed by atoms with Gasteiger partial charge in [0.2, 0.25) is 0 Å². The highest BCUT2D eigenvalue weighted by Gasteiger charge is 2.34. The summed E-state index contributed by atoms with van der Waals surface area (Å²) in [7, 11) is 0. The third-order valence-corrected chi connectivity index (χ3v) is 6.30. The van der Waals surface area contributed by atoms with E-state index in [1.807, 2.05) is 6.07 Å². The molecule has 0 aliphatic carbocycles. The number of hydrogen-bond donors (Lipinski definition) is 2. The van der Waals surface area contributed by atoms with Gasteiger partial charge in [0, 0.05) is 30.8 Å². The number of nitrogens with one attached hydrogen (secondary N) is 2. The quantitative estimate of drug-likeness (QED) is 0.538. The molecule has 0 saturated carbocycles. The molecule has 2 atom stereocenters. The first-order chi connectivity index (χ1) is 14.8. The van der Waals surface area contributed by atoms with Crippen LogP contribution in [0.25, 0.3) is 0 Å². The molecule has 2 saturated heterocycles. The highest BCUT2D eigenvalue weighted by atomic mass is 19.4. The monoisotopic (exact) mass is 434 g/mol. The zero-order valence-corrected chi connectivity index (χ0v) is 16.9. The summed E-state index contributed by atoms with van der Waals surface area (Å²) in [5.41, 5.74) is 7.91. The normalized spacial score (nSPS) is 23.2. The van der Waals surface area contributed by atoms with E-state index in [4.69, 9.17) is 0 Å². The molecule has 2 aliphatic rings. The molecule has 0 aromatic heterocycles. The molecule has 0 radical (unpaired) electrons. The van der Waals surface area contributed by atoms with Crippen molar-refractivity contribution < 1.29 is 18.1 Å². The van der Waals surface area contributed by atoms with E-state index in [0.29, 0.717) is 12.5 Å². The van der Waals surface area contributed by atoms with Crippen molar-refractivity contribution in [2.45, 2.75) is 44.1 Å². The maximum Gasteiger partial charge on any atom is 0.416 e. The van der Waals surface area contributed by atoms with E-state index in [0.717, 1.165) is 55.6 Å². The molecule has 4 rings (SSSR count). The van der Waals surface area contributed by atoms with Gasteiger partial charge in [0.1, 0.15) is 0 Å². The molecule has 0 spiro atoms. The van der Waals surface area contributed by atoms with Crippen LogP contribution in [0.2, 0.25) is 0 Å². The summed E-state index contributed by atoms with van der Waals surface area (Å²) >= 11 is 0. The van der Waals surface area contributed by atoms with Crippen LogP contribution in [0.1, 0.15) is 42.0 Å². The number of halogens is 3. The number of hydrogen-bond acceptors (Lipinski definition) is 5. The lowest BCUT2D eigenvalue weighted by Gasteiger charge is -2.34. The fourth-order valence-corrected chi connectivity index (χ4v) is 4.53. The first kappa shape index (κ1) is 21.7. The average molecular weight is 434 g/mol. The summed E-state index contributed by atoms with van der Waals surface area (Å²) in [5.74, 6) is 0.486. The maximum absolute atomic E-state index is 12.7. The number of nitro groups is 1. The maximum atomic E-state index is 12.7. The number of benzene rings is 2. The van der Waals surface area contributed by atoms with Crippen molar-refractivity contribution in [1.29, 1.82) is 0 Å². The van der Waals surface area contributed by atoms with E-state index in [1.54, 1.807) is 24.3 Å². The summed E-state index contributed by atoms with van der Waals surface area (Å²) in [5, 5.41) is 11.0. The van der Waals surface area contributed by atoms with E-state index >= 15 is 0 Å². The van der Waals surface area contributed by atoms with E-state index in [-0.39, 0.29) is 22.7 Å². The lowest BCUT2D eigenvalue weighted by atomic mass is 9.86. The van der Waals surface area contributed by atoms with Crippen molar-refractivity contribution in [3.05, 3.63) is 75.3 Å². The largest absolute Gasteiger partial charge is 0.416 e. The molecule has 31 heavy (non-hydrogen) atoms. The number of nitro benzene ring substituents is 1. The van der Waals surface area contributed by atoms with Crippen LogP contribution < -0.4 is 10.9 Å². The molecule has 6 nitrogen and oxygen atoms in total. The topological polar surface area (TPSA) is 70.4 Å². The SMILES string of the molecule is O=[N+]([O-])c1cccc(C2CC(C3CCN(Cc4ccc(C(F)(F)F)cc4)CC3)NN2)c1. The highest BCUT2D eigenvalue weighted by Crippen LogP contribution is 2.32. The molecule has 2 aliphatic heterocycles. The molecule has 2 unspecified atom stereocenters. The van der Waals surface area contributed by atoms with Gasteiger partial charge in [-0.15, -0.1) is 0 Å². The van der Waals surface area contributed by atoms with Gasteiger partial charge in [0.05, 0.1) is 10.5 Å². The lowest BCUT2D eigenvalue weighted by Crippen LogP contribution is -2.42. The Kier molecular flexibility index (Phi) is 6.27. The van der Waals surface area contributed by atoms with Crippen LogP contribution in [0.3, 0.4) is 0 Å². The minimum Gasteiger partial charge on any atom is -0.299 e. The van der Waals surface area contributed by atoms with Gasteiger partial charge >= 0.3 is 6.18 Å². The smallest absolute Gasteiger partial charge is 0.299 e. The molecule has 2 fully saturated rings. The first-order valence-electron chi connectivity index (χ1n) is 10.4. The zero-order chi connectivity index (χ0) is 22.0. The van der Waals surface area contributed by atoms with E-state index in [1.165, 1.54) is 6.07 Å². The predicted molar refractivity (Wildman–Crippen MR) is 110 cm³/mol. The number of hydrazine groups is 1. The van der Waals surface area contributed by atoms with E-state index < -0.39 is 11.7 Å². The number of nitrogens with zero attached hydrogens (tertiary/aromatic N) is 2.